The van der Waals surface area contributed by atoms with Crippen LogP contribution in [0.1, 0.15) is 11.0 Å². The summed E-state index contributed by atoms with van der Waals surface area (Å²) in [5.74, 6) is -0.655. The minimum Gasteiger partial charge on any atom is -0.467 e. The van der Waals surface area contributed by atoms with Crippen LogP contribution in [0.15, 0.2) is 24.3 Å². The summed E-state index contributed by atoms with van der Waals surface area (Å²) in [6.07, 6.45) is -1.22. The van der Waals surface area contributed by atoms with E-state index in [0.29, 0.717) is 9.90 Å². The third-order valence-corrected chi connectivity index (χ3v) is 3.59. The highest BCUT2D eigenvalue weighted by Gasteiger charge is 2.20. The van der Waals surface area contributed by atoms with Crippen molar-refractivity contribution in [2.45, 2.75) is 6.10 Å². The van der Waals surface area contributed by atoms with Gasteiger partial charge in [-0.1, -0.05) is 11.6 Å². The van der Waals surface area contributed by atoms with Crippen molar-refractivity contribution in [2.75, 3.05) is 7.11 Å². The first-order valence-electron chi connectivity index (χ1n) is 4.56. The predicted octanol–water partition coefficient (Wildman–Crippen LogP) is 2.76. The molecule has 1 unspecified atom stereocenters. The van der Waals surface area contributed by atoms with E-state index in [0.717, 1.165) is 10.1 Å². The minimum atomic E-state index is -1.22. The molecule has 0 aliphatic rings. The molecule has 16 heavy (non-hydrogen) atoms. The van der Waals surface area contributed by atoms with E-state index in [1.54, 1.807) is 18.2 Å². The number of ether oxygens (including phenoxy) is 1. The number of halogens is 1. The van der Waals surface area contributed by atoms with E-state index in [9.17, 15) is 9.90 Å². The van der Waals surface area contributed by atoms with Crippen molar-refractivity contribution in [2.24, 2.45) is 0 Å². The fourth-order valence-electron chi connectivity index (χ4n) is 1.40. The molecule has 1 N–H and O–H groups in total. The molecule has 0 saturated carbocycles. The Kier molecular flexibility index (Phi) is 3.14. The van der Waals surface area contributed by atoms with Crippen molar-refractivity contribution >= 4 is 39.0 Å². The Labute approximate surface area is 101 Å². The Hall–Kier alpha value is -1.10. The van der Waals surface area contributed by atoms with Crippen molar-refractivity contribution in [1.82, 2.24) is 0 Å². The van der Waals surface area contributed by atoms with Crippen LogP contribution in [-0.2, 0) is 9.53 Å². The van der Waals surface area contributed by atoms with Gasteiger partial charge in [-0.3, -0.25) is 0 Å². The van der Waals surface area contributed by atoms with Gasteiger partial charge in [0, 0.05) is 14.6 Å². The van der Waals surface area contributed by atoms with Crippen molar-refractivity contribution in [3.8, 4) is 0 Å². The molecule has 0 amide bonds. The summed E-state index contributed by atoms with van der Waals surface area (Å²) >= 11 is 7.20. The predicted molar refractivity (Wildman–Crippen MR) is 63.8 cm³/mol. The zero-order chi connectivity index (χ0) is 11.7. The fraction of sp³-hybridized carbons (Fsp3) is 0.182. The highest BCUT2D eigenvalue weighted by atomic mass is 35.5. The van der Waals surface area contributed by atoms with Gasteiger partial charge in [0.15, 0.2) is 6.10 Å². The number of benzene rings is 1. The van der Waals surface area contributed by atoms with Gasteiger partial charge < -0.3 is 9.84 Å². The summed E-state index contributed by atoms with van der Waals surface area (Å²) in [7, 11) is 1.25. The molecule has 0 aliphatic heterocycles. The lowest BCUT2D eigenvalue weighted by molar-refractivity contribution is -0.150. The second-order valence-electron chi connectivity index (χ2n) is 3.26. The van der Waals surface area contributed by atoms with Gasteiger partial charge in [-0.05, 0) is 29.7 Å². The number of rotatable bonds is 2. The molecular formula is C11H9ClO3S. The molecule has 1 aromatic heterocycles. The van der Waals surface area contributed by atoms with Crippen molar-refractivity contribution in [3.63, 3.8) is 0 Å². The van der Waals surface area contributed by atoms with Crippen LogP contribution < -0.4 is 0 Å². The molecule has 0 fully saturated rings. The van der Waals surface area contributed by atoms with Gasteiger partial charge in [-0.25, -0.2) is 4.79 Å². The van der Waals surface area contributed by atoms with Crippen LogP contribution in [0, 0.1) is 0 Å². The molecule has 0 bridgehead atoms. The Morgan fingerprint density at radius 2 is 2.25 bits per heavy atom. The number of thiophene rings is 1. The van der Waals surface area contributed by atoms with Crippen molar-refractivity contribution < 1.29 is 14.6 Å². The van der Waals surface area contributed by atoms with Crippen LogP contribution in [0.5, 0.6) is 0 Å². The Morgan fingerprint density at radius 3 is 2.94 bits per heavy atom. The molecule has 1 atom stereocenters. The van der Waals surface area contributed by atoms with E-state index in [2.05, 4.69) is 4.74 Å². The first-order chi connectivity index (χ1) is 7.61. The third-order valence-electron chi connectivity index (χ3n) is 2.19. The van der Waals surface area contributed by atoms with Gasteiger partial charge in [0.25, 0.3) is 0 Å². The van der Waals surface area contributed by atoms with E-state index in [-0.39, 0.29) is 0 Å². The third kappa shape index (κ3) is 2.04. The smallest absolute Gasteiger partial charge is 0.340 e. The fourth-order valence-corrected chi connectivity index (χ4v) is 2.60. The number of methoxy groups -OCH3 is 1. The maximum absolute atomic E-state index is 11.2. The van der Waals surface area contributed by atoms with Crippen LogP contribution in [0.2, 0.25) is 5.02 Å². The molecule has 0 saturated heterocycles. The van der Waals surface area contributed by atoms with Crippen LogP contribution in [0.3, 0.4) is 0 Å². The zero-order valence-corrected chi connectivity index (χ0v) is 10.0. The largest absolute Gasteiger partial charge is 0.467 e. The van der Waals surface area contributed by atoms with Gasteiger partial charge in [-0.2, -0.15) is 0 Å². The number of carbonyl (C=O) groups is 1. The Bertz CT molecular complexity index is 535. The minimum absolute atomic E-state index is 0.559. The van der Waals surface area contributed by atoms with Crippen LogP contribution in [-0.4, -0.2) is 18.2 Å². The molecule has 84 valence electrons. The molecule has 3 nitrogen and oxygen atoms in total. The molecule has 0 radical (unpaired) electrons. The second kappa shape index (κ2) is 4.41. The van der Waals surface area contributed by atoms with Crippen LogP contribution in [0.4, 0.5) is 0 Å². The van der Waals surface area contributed by atoms with Gasteiger partial charge in [-0.15, -0.1) is 11.3 Å². The van der Waals surface area contributed by atoms with Crippen molar-refractivity contribution in [3.05, 3.63) is 34.2 Å². The van der Waals surface area contributed by atoms with E-state index in [1.165, 1.54) is 18.4 Å². The number of aliphatic hydroxyl groups excluding tert-OH is 1. The first-order valence-corrected chi connectivity index (χ1v) is 5.76. The highest BCUT2D eigenvalue weighted by Crippen LogP contribution is 2.31. The average Bonchev–Trinajstić information content (AvgIpc) is 2.69. The Morgan fingerprint density at radius 1 is 1.50 bits per heavy atom. The van der Waals surface area contributed by atoms with Crippen molar-refractivity contribution in [1.29, 1.82) is 0 Å². The monoisotopic (exact) mass is 256 g/mol. The van der Waals surface area contributed by atoms with Gasteiger partial charge >= 0.3 is 5.97 Å². The number of fused-ring (bicyclic) bond motifs is 1. The summed E-state index contributed by atoms with van der Waals surface area (Å²) in [6, 6.07) is 7.17. The second-order valence-corrected chi connectivity index (χ2v) is 4.81. The lowest BCUT2D eigenvalue weighted by atomic mass is 10.2. The molecule has 2 rings (SSSR count). The SMILES string of the molecule is COC(=O)C(O)c1cc2cc(Cl)ccc2s1. The molecule has 2 aromatic rings. The number of aliphatic hydroxyl groups is 1. The Balaban J connectivity index is 2.43. The van der Waals surface area contributed by atoms with E-state index >= 15 is 0 Å². The van der Waals surface area contributed by atoms with Gasteiger partial charge in [0.05, 0.1) is 7.11 Å². The molecule has 0 aliphatic carbocycles. The highest BCUT2D eigenvalue weighted by molar-refractivity contribution is 7.19. The number of hydrogen-bond donors (Lipinski definition) is 1. The summed E-state index contributed by atoms with van der Waals surface area (Å²) in [4.78, 5) is 11.7. The number of carbonyl (C=O) groups excluding carboxylic acids is 1. The van der Waals surface area contributed by atoms with E-state index in [4.69, 9.17) is 11.6 Å². The summed E-state index contributed by atoms with van der Waals surface area (Å²) in [5, 5.41) is 11.2. The van der Waals surface area contributed by atoms with Gasteiger partial charge in [0.2, 0.25) is 0 Å². The maximum Gasteiger partial charge on any atom is 0.340 e. The molecule has 1 heterocycles. The molecule has 1 aromatic carbocycles. The summed E-state index contributed by atoms with van der Waals surface area (Å²) in [6.45, 7) is 0. The average molecular weight is 257 g/mol. The standard InChI is InChI=1S/C11H9ClO3S/c1-15-11(14)10(13)9-5-6-4-7(12)2-3-8(6)16-9/h2-5,10,13H,1H3. The topological polar surface area (TPSA) is 46.5 Å². The quantitative estimate of drug-likeness (QED) is 0.841. The summed E-state index contributed by atoms with van der Waals surface area (Å²) < 4.78 is 5.45. The van der Waals surface area contributed by atoms with Gasteiger partial charge in [0.1, 0.15) is 0 Å². The first kappa shape index (κ1) is 11.4. The van der Waals surface area contributed by atoms with E-state index < -0.39 is 12.1 Å². The normalized spacial score (nSPS) is 12.7. The molecular weight excluding hydrogens is 248 g/mol. The lowest BCUT2D eigenvalue weighted by Crippen LogP contribution is -2.11. The summed E-state index contributed by atoms with van der Waals surface area (Å²) in [5.41, 5.74) is 0. The molecule has 5 heteroatoms. The lowest BCUT2D eigenvalue weighted by Gasteiger charge is -2.04. The molecule has 0 spiro atoms. The van der Waals surface area contributed by atoms with E-state index in [1.807, 2.05) is 6.07 Å². The van der Waals surface area contributed by atoms with Crippen LogP contribution >= 0.6 is 22.9 Å². The maximum atomic E-state index is 11.2. The number of hydrogen-bond acceptors (Lipinski definition) is 4. The van der Waals surface area contributed by atoms with Crippen LogP contribution in [0.25, 0.3) is 10.1 Å². The zero-order valence-electron chi connectivity index (χ0n) is 8.44. The number of esters is 1.